The van der Waals surface area contributed by atoms with Gasteiger partial charge >= 0.3 is 6.09 Å². The van der Waals surface area contributed by atoms with E-state index in [2.05, 4.69) is 39.2 Å². The highest BCUT2D eigenvalue weighted by molar-refractivity contribution is 6.74. The molecule has 2 N–H and O–H groups in total. The van der Waals surface area contributed by atoms with Crippen LogP contribution in [0.25, 0.3) is 0 Å². The smallest absolute Gasteiger partial charge is 0.404 e. The van der Waals surface area contributed by atoms with Gasteiger partial charge in [0, 0.05) is 5.41 Å². The maximum Gasteiger partial charge on any atom is 0.404 e. The number of hydrogen-bond donors (Lipinski definition) is 2. The quantitative estimate of drug-likeness (QED) is 0.648. The number of carbonyl (C=O) groups is 2. The summed E-state index contributed by atoms with van der Waals surface area (Å²) in [6.45, 7) is 16.0. The molecule has 0 heterocycles. The number of Topliss-reactive ketones (excluding diaryl/α,β-unsaturated/α-hetero) is 1. The van der Waals surface area contributed by atoms with E-state index in [0.29, 0.717) is 6.42 Å². The van der Waals surface area contributed by atoms with Crippen LogP contribution in [0.2, 0.25) is 18.1 Å². The largest absolute Gasteiger partial charge is 0.465 e. The zero-order chi connectivity index (χ0) is 21.0. The van der Waals surface area contributed by atoms with Crippen molar-refractivity contribution in [2.45, 2.75) is 78.2 Å². The van der Waals surface area contributed by atoms with Crippen LogP contribution in [0.1, 0.15) is 47.1 Å². The lowest BCUT2D eigenvalue weighted by molar-refractivity contribution is -0.135. The Hall–Kier alpha value is -1.66. The molecule has 0 aliphatic rings. The molecule has 0 fully saturated rings. The highest BCUT2D eigenvalue weighted by atomic mass is 28.4. The summed E-state index contributed by atoms with van der Waals surface area (Å²) in [4.78, 5) is 24.7. The Labute approximate surface area is 164 Å². The van der Waals surface area contributed by atoms with Crippen LogP contribution < -0.4 is 5.32 Å². The number of hydrogen-bond acceptors (Lipinski definition) is 3. The molecule has 6 heteroatoms. The number of ketones is 1. The van der Waals surface area contributed by atoms with E-state index in [1.54, 1.807) is 0 Å². The van der Waals surface area contributed by atoms with E-state index in [4.69, 9.17) is 4.43 Å². The van der Waals surface area contributed by atoms with Gasteiger partial charge in [-0.3, -0.25) is 4.79 Å². The molecular weight excluding hydrogens is 358 g/mol. The van der Waals surface area contributed by atoms with Crippen LogP contribution in [-0.4, -0.2) is 37.4 Å². The molecule has 0 aliphatic carbocycles. The molecule has 1 amide bonds. The highest BCUT2D eigenvalue weighted by Crippen LogP contribution is 2.38. The topological polar surface area (TPSA) is 75.6 Å². The number of carboxylic acid groups (broad SMARTS) is 1. The first kappa shape index (κ1) is 23.4. The minimum atomic E-state index is -2.29. The fraction of sp³-hybridized carbons (Fsp3) is 0.619. The molecule has 2 atom stereocenters. The molecule has 0 spiro atoms. The van der Waals surface area contributed by atoms with E-state index in [0.717, 1.165) is 5.56 Å². The molecule has 27 heavy (non-hydrogen) atoms. The third-order valence-corrected chi connectivity index (χ3v) is 9.65. The lowest BCUT2D eigenvalue weighted by Gasteiger charge is -2.42. The number of amides is 1. The average molecular weight is 394 g/mol. The van der Waals surface area contributed by atoms with Crippen LogP contribution in [0.3, 0.4) is 0 Å². The fourth-order valence-electron chi connectivity index (χ4n) is 2.50. The molecule has 152 valence electrons. The van der Waals surface area contributed by atoms with E-state index in [-0.39, 0.29) is 10.8 Å². The summed E-state index contributed by atoms with van der Waals surface area (Å²) in [5.41, 5.74) is 0.323. The Morgan fingerprint density at radius 1 is 1.07 bits per heavy atom. The molecule has 0 bridgehead atoms. The van der Waals surface area contributed by atoms with Crippen LogP contribution in [-0.2, 0) is 15.6 Å². The predicted molar refractivity (Wildman–Crippen MR) is 112 cm³/mol. The number of nitrogens with one attached hydrogen (secondary N) is 1. The Balaban J connectivity index is 3.32. The van der Waals surface area contributed by atoms with E-state index >= 15 is 0 Å². The van der Waals surface area contributed by atoms with Crippen molar-refractivity contribution in [3.63, 3.8) is 0 Å². The summed E-state index contributed by atoms with van der Waals surface area (Å²) in [5.74, 6) is -0.0815. The molecule has 0 saturated carbocycles. The van der Waals surface area contributed by atoms with Crippen molar-refractivity contribution >= 4 is 20.2 Å². The number of benzene rings is 1. The van der Waals surface area contributed by atoms with Gasteiger partial charge in [0.2, 0.25) is 0 Å². The van der Waals surface area contributed by atoms with Crippen LogP contribution in [0.4, 0.5) is 4.79 Å². The molecule has 0 aliphatic heterocycles. The molecule has 1 aromatic carbocycles. The van der Waals surface area contributed by atoms with Gasteiger partial charge in [-0.1, -0.05) is 71.9 Å². The van der Waals surface area contributed by atoms with Crippen LogP contribution in [0.15, 0.2) is 30.3 Å². The van der Waals surface area contributed by atoms with Crippen LogP contribution in [0.5, 0.6) is 0 Å². The van der Waals surface area contributed by atoms with Gasteiger partial charge in [-0.2, -0.15) is 0 Å². The van der Waals surface area contributed by atoms with Gasteiger partial charge in [-0.05, 0) is 30.1 Å². The Bertz CT molecular complexity index is 644. The second kappa shape index (κ2) is 8.57. The van der Waals surface area contributed by atoms with E-state index < -0.39 is 32.0 Å². The predicted octanol–water partition coefficient (Wildman–Crippen LogP) is 4.87. The summed E-state index contributed by atoms with van der Waals surface area (Å²) in [7, 11) is -2.29. The zero-order valence-electron chi connectivity index (χ0n) is 17.9. The van der Waals surface area contributed by atoms with Crippen molar-refractivity contribution in [1.82, 2.24) is 5.32 Å². The molecule has 0 unspecified atom stereocenters. The SMILES string of the molecule is CC(C)(C)C(=O)[C@@H](O[Si](C)(C)C(C)(C)C)[C@H](Cc1ccccc1)NC(=O)O. The van der Waals surface area contributed by atoms with E-state index in [1.807, 2.05) is 51.1 Å². The molecule has 1 aromatic rings. The lowest BCUT2D eigenvalue weighted by Crippen LogP contribution is -2.57. The summed E-state index contributed by atoms with van der Waals surface area (Å²) >= 11 is 0. The van der Waals surface area contributed by atoms with Crippen molar-refractivity contribution < 1.29 is 19.1 Å². The Kier molecular flexibility index (Phi) is 7.42. The molecule has 0 radical (unpaired) electrons. The molecule has 5 nitrogen and oxygen atoms in total. The van der Waals surface area contributed by atoms with Crippen molar-refractivity contribution in [3.05, 3.63) is 35.9 Å². The zero-order valence-corrected chi connectivity index (χ0v) is 18.9. The van der Waals surface area contributed by atoms with Crippen LogP contribution >= 0.6 is 0 Å². The first-order valence-corrected chi connectivity index (χ1v) is 12.3. The lowest BCUT2D eigenvalue weighted by atomic mass is 9.84. The van der Waals surface area contributed by atoms with E-state index in [9.17, 15) is 14.7 Å². The standard InChI is InChI=1S/C21H35NO4Si/c1-20(2,3)18(23)17(26-27(7,8)21(4,5)6)16(22-19(24)25)14-15-12-10-9-11-13-15/h9-13,16-17,22H,14H2,1-8H3,(H,24,25)/t16-,17-/m0/s1. The summed E-state index contributed by atoms with van der Waals surface area (Å²) in [6.07, 6.45) is -1.59. The first-order chi connectivity index (χ1) is 12.1. The molecule has 0 saturated heterocycles. The van der Waals surface area contributed by atoms with Gasteiger partial charge in [-0.15, -0.1) is 0 Å². The average Bonchev–Trinajstić information content (AvgIpc) is 2.50. The van der Waals surface area contributed by atoms with Gasteiger partial charge in [-0.25, -0.2) is 4.79 Å². The third kappa shape index (κ3) is 6.77. The van der Waals surface area contributed by atoms with Gasteiger partial charge in [0.05, 0.1) is 6.04 Å². The van der Waals surface area contributed by atoms with Crippen molar-refractivity contribution in [2.75, 3.05) is 0 Å². The molecule has 1 rings (SSSR count). The van der Waals surface area contributed by atoms with Gasteiger partial charge in [0.1, 0.15) is 6.10 Å². The monoisotopic (exact) mass is 393 g/mol. The highest BCUT2D eigenvalue weighted by Gasteiger charge is 2.45. The first-order valence-electron chi connectivity index (χ1n) is 9.40. The minimum absolute atomic E-state index is 0.0815. The number of rotatable bonds is 7. The maximum absolute atomic E-state index is 13.2. The second-order valence-electron chi connectivity index (χ2n) is 9.66. The Morgan fingerprint density at radius 3 is 2.00 bits per heavy atom. The molecule has 0 aromatic heterocycles. The maximum atomic E-state index is 13.2. The Morgan fingerprint density at radius 2 is 1.59 bits per heavy atom. The molecular formula is C21H35NO4Si. The van der Waals surface area contributed by atoms with E-state index in [1.165, 1.54) is 0 Å². The van der Waals surface area contributed by atoms with Crippen molar-refractivity contribution in [3.8, 4) is 0 Å². The second-order valence-corrected chi connectivity index (χ2v) is 14.4. The normalized spacial score (nSPS) is 15.1. The summed E-state index contributed by atoms with van der Waals surface area (Å²) in [5, 5.41) is 11.8. The van der Waals surface area contributed by atoms with Gasteiger partial charge in [0.25, 0.3) is 0 Å². The number of carbonyl (C=O) groups excluding carboxylic acids is 1. The van der Waals surface area contributed by atoms with Crippen LogP contribution in [0, 0.1) is 5.41 Å². The van der Waals surface area contributed by atoms with Gasteiger partial charge < -0.3 is 14.8 Å². The van der Waals surface area contributed by atoms with Crippen molar-refractivity contribution in [2.24, 2.45) is 5.41 Å². The minimum Gasteiger partial charge on any atom is -0.465 e. The summed E-state index contributed by atoms with van der Waals surface area (Å²) < 4.78 is 6.49. The van der Waals surface area contributed by atoms with Gasteiger partial charge in [0.15, 0.2) is 14.1 Å². The van der Waals surface area contributed by atoms with Crippen molar-refractivity contribution in [1.29, 1.82) is 0 Å². The fourth-order valence-corrected chi connectivity index (χ4v) is 3.76. The summed E-state index contributed by atoms with van der Waals surface area (Å²) in [6, 6.07) is 8.94. The third-order valence-electron chi connectivity index (χ3n) is 5.20.